The summed E-state index contributed by atoms with van der Waals surface area (Å²) in [7, 11) is 0. The maximum absolute atomic E-state index is 2.22. The van der Waals surface area contributed by atoms with Gasteiger partial charge in [-0.05, 0) is 38.5 Å². The van der Waals surface area contributed by atoms with Gasteiger partial charge in [-0.15, -0.1) is 11.3 Å². The van der Waals surface area contributed by atoms with E-state index < -0.39 is 0 Å². The van der Waals surface area contributed by atoms with Gasteiger partial charge in [0.15, 0.2) is 0 Å². The predicted molar refractivity (Wildman–Crippen MR) is 48.5 cm³/mol. The molecule has 0 saturated heterocycles. The van der Waals surface area contributed by atoms with Crippen molar-refractivity contribution in [2.24, 2.45) is 0 Å². The highest BCUT2D eigenvalue weighted by atomic mass is 32.1. The van der Waals surface area contributed by atoms with Crippen molar-refractivity contribution in [3.05, 3.63) is 27.5 Å². The second-order valence-corrected chi connectivity index (χ2v) is 3.69. The minimum atomic E-state index is 1.39. The zero-order valence-corrected chi connectivity index (χ0v) is 7.46. The lowest BCUT2D eigenvalue weighted by Gasteiger charge is -1.84. The third kappa shape index (κ3) is 1.48. The van der Waals surface area contributed by atoms with Crippen LogP contribution in [-0.2, 0) is 0 Å². The van der Waals surface area contributed by atoms with Gasteiger partial charge in [-0.3, -0.25) is 0 Å². The highest BCUT2D eigenvalue weighted by molar-refractivity contribution is 7.13. The van der Waals surface area contributed by atoms with E-state index in [2.05, 4.69) is 39.0 Å². The molecule has 54 valence electrons. The van der Waals surface area contributed by atoms with Crippen molar-refractivity contribution in [3.8, 4) is 0 Å². The molecule has 0 bridgehead atoms. The molecule has 0 N–H and O–H groups in total. The monoisotopic (exact) mass is 152 g/mol. The molecule has 1 heteroatoms. The lowest BCUT2D eigenvalue weighted by Crippen LogP contribution is -1.64. The van der Waals surface area contributed by atoms with Crippen molar-refractivity contribution in [3.63, 3.8) is 0 Å². The standard InChI is InChI=1S/C9H12S/c1-4-5-9-7(2)6-8(3)10-9/h4-6H,1-3H3/b5-4+. The Morgan fingerprint density at radius 3 is 2.50 bits per heavy atom. The molecule has 0 aliphatic rings. The Hall–Kier alpha value is -0.560. The zero-order chi connectivity index (χ0) is 7.56. The Balaban J connectivity index is 3.03. The molecule has 1 heterocycles. The lowest BCUT2D eigenvalue weighted by atomic mass is 10.2. The van der Waals surface area contributed by atoms with Crippen LogP contribution in [-0.4, -0.2) is 0 Å². The average Bonchev–Trinajstić information content (AvgIpc) is 2.13. The van der Waals surface area contributed by atoms with Crippen LogP contribution >= 0.6 is 11.3 Å². The van der Waals surface area contributed by atoms with E-state index in [4.69, 9.17) is 0 Å². The normalized spacial score (nSPS) is 11.1. The largest absolute Gasteiger partial charge is 0.141 e. The Morgan fingerprint density at radius 2 is 2.10 bits per heavy atom. The minimum absolute atomic E-state index is 1.39. The first kappa shape index (κ1) is 7.55. The fourth-order valence-corrected chi connectivity index (χ4v) is 1.98. The fraction of sp³-hybridized carbons (Fsp3) is 0.333. The Bertz CT molecular complexity index is 243. The summed E-state index contributed by atoms with van der Waals surface area (Å²) in [5, 5.41) is 0. The number of thiophene rings is 1. The first-order valence-corrected chi connectivity index (χ1v) is 4.25. The van der Waals surface area contributed by atoms with E-state index in [0.29, 0.717) is 0 Å². The van der Waals surface area contributed by atoms with E-state index >= 15 is 0 Å². The summed E-state index contributed by atoms with van der Waals surface area (Å²) in [6.07, 6.45) is 4.24. The lowest BCUT2D eigenvalue weighted by molar-refractivity contribution is 1.49. The number of hydrogen-bond donors (Lipinski definition) is 0. The molecule has 0 atom stereocenters. The number of aryl methyl sites for hydroxylation is 2. The summed E-state index contributed by atoms with van der Waals surface area (Å²) in [5.74, 6) is 0. The smallest absolute Gasteiger partial charge is 0.0299 e. The predicted octanol–water partition coefficient (Wildman–Crippen LogP) is 3.40. The highest BCUT2D eigenvalue weighted by Gasteiger charge is 1.96. The van der Waals surface area contributed by atoms with Crippen LogP contribution < -0.4 is 0 Å². The highest BCUT2D eigenvalue weighted by Crippen LogP contribution is 2.21. The average molecular weight is 152 g/mol. The first-order chi connectivity index (χ1) is 4.74. The van der Waals surface area contributed by atoms with Gasteiger partial charge in [0.05, 0.1) is 0 Å². The summed E-state index contributed by atoms with van der Waals surface area (Å²) >= 11 is 1.85. The van der Waals surface area contributed by atoms with Gasteiger partial charge in [0.2, 0.25) is 0 Å². The van der Waals surface area contributed by atoms with Crippen molar-refractivity contribution in [1.82, 2.24) is 0 Å². The first-order valence-electron chi connectivity index (χ1n) is 3.43. The second kappa shape index (κ2) is 3.02. The van der Waals surface area contributed by atoms with Gasteiger partial charge in [-0.2, -0.15) is 0 Å². The SMILES string of the molecule is C/C=C/c1sc(C)cc1C. The van der Waals surface area contributed by atoms with Crippen LogP contribution in [0.1, 0.15) is 22.2 Å². The summed E-state index contributed by atoms with van der Waals surface area (Å²) in [4.78, 5) is 2.78. The van der Waals surface area contributed by atoms with Gasteiger partial charge >= 0.3 is 0 Å². The van der Waals surface area contributed by atoms with Crippen LogP contribution in [0.15, 0.2) is 12.1 Å². The van der Waals surface area contributed by atoms with E-state index in [1.165, 1.54) is 15.3 Å². The molecule has 0 aromatic carbocycles. The molecule has 1 aromatic heterocycles. The van der Waals surface area contributed by atoms with Crippen LogP contribution in [0.3, 0.4) is 0 Å². The van der Waals surface area contributed by atoms with Gasteiger partial charge in [0.1, 0.15) is 0 Å². The Morgan fingerprint density at radius 1 is 1.40 bits per heavy atom. The molecule has 0 spiro atoms. The Labute approximate surface area is 66.2 Å². The van der Waals surface area contributed by atoms with Crippen molar-refractivity contribution in [2.45, 2.75) is 20.8 Å². The third-order valence-electron chi connectivity index (χ3n) is 1.40. The van der Waals surface area contributed by atoms with Gasteiger partial charge in [0, 0.05) is 9.75 Å². The molecule has 0 radical (unpaired) electrons. The third-order valence-corrected chi connectivity index (χ3v) is 2.52. The van der Waals surface area contributed by atoms with Gasteiger partial charge in [-0.1, -0.05) is 6.08 Å². The topological polar surface area (TPSA) is 0 Å². The molecular weight excluding hydrogens is 140 g/mol. The zero-order valence-electron chi connectivity index (χ0n) is 6.64. The maximum Gasteiger partial charge on any atom is 0.0299 e. The summed E-state index contributed by atoms with van der Waals surface area (Å²) in [6.45, 7) is 6.35. The van der Waals surface area contributed by atoms with Crippen molar-refractivity contribution in [2.75, 3.05) is 0 Å². The molecule has 0 nitrogen and oxygen atoms in total. The van der Waals surface area contributed by atoms with Crippen LogP contribution in [0.25, 0.3) is 6.08 Å². The molecular formula is C9H12S. The molecule has 1 aromatic rings. The van der Waals surface area contributed by atoms with E-state index in [0.717, 1.165) is 0 Å². The van der Waals surface area contributed by atoms with E-state index in [9.17, 15) is 0 Å². The molecule has 0 amide bonds. The fourth-order valence-electron chi connectivity index (χ4n) is 0.976. The van der Waals surface area contributed by atoms with Crippen molar-refractivity contribution < 1.29 is 0 Å². The minimum Gasteiger partial charge on any atom is -0.141 e. The van der Waals surface area contributed by atoms with Crippen LogP contribution in [0.2, 0.25) is 0 Å². The Kier molecular flexibility index (Phi) is 2.28. The van der Waals surface area contributed by atoms with E-state index in [1.807, 2.05) is 11.3 Å². The van der Waals surface area contributed by atoms with Crippen molar-refractivity contribution in [1.29, 1.82) is 0 Å². The summed E-state index contributed by atoms with van der Waals surface area (Å²) in [6, 6.07) is 2.22. The quantitative estimate of drug-likeness (QED) is 0.578. The number of hydrogen-bond acceptors (Lipinski definition) is 1. The van der Waals surface area contributed by atoms with E-state index in [1.54, 1.807) is 0 Å². The second-order valence-electron chi connectivity index (χ2n) is 2.40. The van der Waals surface area contributed by atoms with Crippen LogP contribution in [0, 0.1) is 13.8 Å². The van der Waals surface area contributed by atoms with Gasteiger partial charge in [0.25, 0.3) is 0 Å². The molecule has 0 saturated carbocycles. The van der Waals surface area contributed by atoms with Gasteiger partial charge < -0.3 is 0 Å². The van der Waals surface area contributed by atoms with Gasteiger partial charge in [-0.25, -0.2) is 0 Å². The number of allylic oxidation sites excluding steroid dienone is 1. The summed E-state index contributed by atoms with van der Waals surface area (Å²) < 4.78 is 0. The molecule has 0 fully saturated rings. The number of rotatable bonds is 1. The maximum atomic E-state index is 2.22. The molecule has 0 aliphatic heterocycles. The van der Waals surface area contributed by atoms with E-state index in [-0.39, 0.29) is 0 Å². The molecule has 0 unspecified atom stereocenters. The molecule has 10 heavy (non-hydrogen) atoms. The molecule has 0 aliphatic carbocycles. The van der Waals surface area contributed by atoms with Crippen LogP contribution in [0.5, 0.6) is 0 Å². The molecule has 1 rings (SSSR count). The van der Waals surface area contributed by atoms with Crippen molar-refractivity contribution >= 4 is 17.4 Å². The summed E-state index contributed by atoms with van der Waals surface area (Å²) in [5.41, 5.74) is 1.39. The van der Waals surface area contributed by atoms with Crippen LogP contribution in [0.4, 0.5) is 0 Å².